The zero-order valence-corrected chi connectivity index (χ0v) is 32.8. The molecule has 0 radical (unpaired) electrons. The van der Waals surface area contributed by atoms with Crippen molar-refractivity contribution in [1.82, 2.24) is 20.0 Å². The first-order valence-corrected chi connectivity index (χ1v) is 21.2. The number of nitrogens with one attached hydrogen (secondary N) is 1. The molecule has 2 aliphatic carbocycles. The first kappa shape index (κ1) is 36.8. The van der Waals surface area contributed by atoms with Crippen molar-refractivity contribution < 1.29 is 29.0 Å². The summed E-state index contributed by atoms with van der Waals surface area (Å²) in [6, 6.07) is 28.7. The number of imide groups is 1. The van der Waals surface area contributed by atoms with Gasteiger partial charge in [-0.15, -0.1) is 0 Å². The largest absolute Gasteiger partial charge is 0.508 e. The van der Waals surface area contributed by atoms with Gasteiger partial charge in [-0.3, -0.25) is 29.4 Å². The third-order valence-corrected chi connectivity index (χ3v) is 13.9. The molecule has 4 amide bonds. The van der Waals surface area contributed by atoms with Gasteiger partial charge in [0.2, 0.25) is 17.7 Å². The van der Waals surface area contributed by atoms with E-state index in [-0.39, 0.29) is 42.1 Å². The lowest BCUT2D eigenvalue weighted by Crippen LogP contribution is -2.55. The molecule has 2 N–H and O–H groups in total. The third kappa shape index (κ3) is 6.95. The van der Waals surface area contributed by atoms with Crippen LogP contribution in [-0.4, -0.2) is 75.2 Å². The zero-order chi connectivity index (χ0) is 39.5. The van der Waals surface area contributed by atoms with Crippen molar-refractivity contribution in [3.05, 3.63) is 129 Å². The van der Waals surface area contributed by atoms with E-state index in [0.717, 1.165) is 80.6 Å². The Morgan fingerprint density at radius 1 is 0.741 bits per heavy atom. The molecular weight excluding hydrogens is 729 g/mol. The summed E-state index contributed by atoms with van der Waals surface area (Å²) in [5.74, 6) is 1.79. The number of fused-ring (bicyclic) bond motifs is 3. The van der Waals surface area contributed by atoms with Crippen LogP contribution in [0.15, 0.2) is 84.9 Å². The predicted molar refractivity (Wildman–Crippen MR) is 217 cm³/mol. The van der Waals surface area contributed by atoms with Crippen LogP contribution in [0.5, 0.6) is 11.5 Å². The van der Waals surface area contributed by atoms with E-state index in [1.807, 2.05) is 29.2 Å². The van der Waals surface area contributed by atoms with Crippen LogP contribution in [0, 0.1) is 11.8 Å². The van der Waals surface area contributed by atoms with E-state index in [0.29, 0.717) is 49.2 Å². The van der Waals surface area contributed by atoms with Gasteiger partial charge in [-0.25, -0.2) is 0 Å². The lowest BCUT2D eigenvalue weighted by molar-refractivity contribution is -0.138. The van der Waals surface area contributed by atoms with E-state index in [1.54, 1.807) is 4.90 Å². The lowest BCUT2D eigenvalue weighted by Gasteiger charge is -2.42. The van der Waals surface area contributed by atoms with Crippen LogP contribution in [-0.2, 0) is 40.4 Å². The van der Waals surface area contributed by atoms with Gasteiger partial charge in [-0.1, -0.05) is 54.6 Å². The highest BCUT2D eigenvalue weighted by Crippen LogP contribution is 2.47. The molecule has 0 aromatic heterocycles. The van der Waals surface area contributed by atoms with E-state index in [4.69, 9.17) is 4.74 Å². The van der Waals surface area contributed by atoms with Crippen LogP contribution in [0.25, 0.3) is 0 Å². The van der Waals surface area contributed by atoms with Gasteiger partial charge in [0.05, 0.1) is 0 Å². The Morgan fingerprint density at radius 3 is 2.26 bits per heavy atom. The molecule has 58 heavy (non-hydrogen) atoms. The minimum atomic E-state index is -0.626. The van der Waals surface area contributed by atoms with Crippen LogP contribution in [0.1, 0.15) is 106 Å². The highest BCUT2D eigenvalue weighted by atomic mass is 16.5. The summed E-state index contributed by atoms with van der Waals surface area (Å²) in [6.45, 7) is 4.30. The predicted octanol–water partition coefficient (Wildman–Crippen LogP) is 6.43. The first-order chi connectivity index (χ1) is 28.2. The molecule has 3 fully saturated rings. The Kier molecular flexibility index (Phi) is 9.55. The second kappa shape index (κ2) is 15.0. The molecule has 2 saturated heterocycles. The Balaban J connectivity index is 0.688. The number of piperidine rings is 1. The fraction of sp³-hybridized carbons (Fsp3) is 0.417. The topological polar surface area (TPSA) is 119 Å². The molecule has 1 unspecified atom stereocenters. The Bertz CT molecular complexity index is 2260. The smallest absolute Gasteiger partial charge is 0.255 e. The molecule has 4 heterocycles. The highest BCUT2D eigenvalue weighted by Gasteiger charge is 2.41. The molecule has 10 nitrogen and oxygen atoms in total. The SMILES string of the molecule is O=C1CCC(N2Cc3cc4c(cc3C2=O)CN(C(=O)C2CCC(CN3CC(Oc5ccc([C@@H]6c7ccc(O)cc7CC[C@@H]6c6ccccc6)cc5)C3)CC2)C4)C(=O)N1. The summed E-state index contributed by atoms with van der Waals surface area (Å²) in [6.07, 6.45) is 6.66. The van der Waals surface area contributed by atoms with Gasteiger partial charge in [0.25, 0.3) is 5.91 Å². The number of carbonyl (C=O) groups excluding carboxylic acids is 4. The highest BCUT2D eigenvalue weighted by molar-refractivity contribution is 6.05. The number of nitrogens with zero attached hydrogens (tertiary/aromatic N) is 3. The summed E-state index contributed by atoms with van der Waals surface area (Å²) >= 11 is 0. The van der Waals surface area contributed by atoms with Crippen LogP contribution in [0.2, 0.25) is 0 Å². The average molecular weight is 779 g/mol. The number of benzene rings is 4. The molecule has 4 aromatic carbocycles. The third-order valence-electron chi connectivity index (χ3n) is 13.9. The van der Waals surface area contributed by atoms with Gasteiger partial charge >= 0.3 is 0 Å². The van der Waals surface area contributed by atoms with Gasteiger partial charge in [0.15, 0.2) is 0 Å². The second-order valence-corrected chi connectivity index (χ2v) is 17.5. The summed E-state index contributed by atoms with van der Waals surface area (Å²) in [4.78, 5) is 57.2. The minimum absolute atomic E-state index is 0.0368. The molecule has 6 aliphatic rings. The van der Waals surface area contributed by atoms with Crippen LogP contribution in [0.3, 0.4) is 0 Å². The van der Waals surface area contributed by atoms with Crippen LogP contribution < -0.4 is 10.1 Å². The Morgan fingerprint density at radius 2 is 1.50 bits per heavy atom. The molecule has 10 heteroatoms. The summed E-state index contributed by atoms with van der Waals surface area (Å²) in [5, 5.41) is 12.6. The normalized spacial score (nSPS) is 25.8. The van der Waals surface area contributed by atoms with E-state index < -0.39 is 11.9 Å². The van der Waals surface area contributed by atoms with Crippen molar-refractivity contribution in [1.29, 1.82) is 0 Å². The molecule has 0 spiro atoms. The van der Waals surface area contributed by atoms with Gasteiger partial charge in [0.1, 0.15) is 23.6 Å². The van der Waals surface area contributed by atoms with Crippen LogP contribution in [0.4, 0.5) is 0 Å². The number of amides is 4. The zero-order valence-electron chi connectivity index (χ0n) is 32.8. The number of aromatic hydroxyl groups is 1. The van der Waals surface area contributed by atoms with E-state index >= 15 is 0 Å². The van der Waals surface area contributed by atoms with E-state index in [9.17, 15) is 24.3 Å². The van der Waals surface area contributed by atoms with Crippen molar-refractivity contribution >= 4 is 23.6 Å². The summed E-state index contributed by atoms with van der Waals surface area (Å²) < 4.78 is 6.44. The standard InChI is InChI=1S/C48H50N4O6/c53-37-13-17-41-33(21-37)12-16-40(30-4-2-1-3-5-30)45(41)31-10-14-38(15-11-31)58-39-27-50(28-39)23-29-6-8-32(9-7-29)47(56)51-24-34-20-36-26-52(43-18-19-44(54)49-46(43)55)48(57)42(36)22-35(34)25-51/h1-5,10-11,13-15,17,20-22,29,32,39-40,43,45,53H,6-9,12,16,18-19,23-28H2,(H,49,54,55)/t29?,32?,40-,43?,45+/m1/s1. The number of aryl methyl sites for hydroxylation is 1. The van der Waals surface area contributed by atoms with Crippen molar-refractivity contribution in [2.24, 2.45) is 11.8 Å². The molecular formula is C48H50N4O6. The second-order valence-electron chi connectivity index (χ2n) is 17.5. The Hall–Kier alpha value is -5.48. The van der Waals surface area contributed by atoms with Crippen molar-refractivity contribution in [2.45, 2.75) is 95.0 Å². The van der Waals surface area contributed by atoms with Gasteiger partial charge in [0, 0.05) is 63.1 Å². The molecule has 0 bridgehead atoms. The number of phenols is 1. The maximum absolute atomic E-state index is 13.7. The average Bonchev–Trinajstić information content (AvgIpc) is 3.79. The molecule has 1 saturated carbocycles. The fourth-order valence-electron chi connectivity index (χ4n) is 10.8. The number of hydrogen-bond acceptors (Lipinski definition) is 7. The maximum atomic E-state index is 13.7. The minimum Gasteiger partial charge on any atom is -0.508 e. The lowest BCUT2D eigenvalue weighted by atomic mass is 9.69. The molecule has 298 valence electrons. The van der Waals surface area contributed by atoms with Crippen molar-refractivity contribution in [2.75, 3.05) is 19.6 Å². The number of rotatable bonds is 8. The molecule has 4 aromatic rings. The van der Waals surface area contributed by atoms with Gasteiger partial charge < -0.3 is 19.6 Å². The Labute approximate surface area is 339 Å². The molecule has 3 atom stereocenters. The quantitative estimate of drug-likeness (QED) is 0.198. The number of ether oxygens (including phenoxy) is 1. The van der Waals surface area contributed by atoms with E-state index in [1.165, 1.54) is 22.3 Å². The monoisotopic (exact) mass is 778 g/mol. The molecule has 10 rings (SSSR count). The fourth-order valence-corrected chi connectivity index (χ4v) is 10.8. The maximum Gasteiger partial charge on any atom is 0.255 e. The van der Waals surface area contributed by atoms with E-state index in [2.05, 4.69) is 70.9 Å². The number of likely N-dealkylation sites (tertiary alicyclic amines) is 1. The van der Waals surface area contributed by atoms with Gasteiger partial charge in [-0.2, -0.15) is 0 Å². The van der Waals surface area contributed by atoms with Gasteiger partial charge in [-0.05, 0) is 126 Å². The summed E-state index contributed by atoms with van der Waals surface area (Å²) in [7, 11) is 0. The summed E-state index contributed by atoms with van der Waals surface area (Å²) in [5.41, 5.74) is 8.74. The van der Waals surface area contributed by atoms with Crippen molar-refractivity contribution in [3.8, 4) is 11.5 Å². The first-order valence-electron chi connectivity index (χ1n) is 21.2. The van der Waals surface area contributed by atoms with Crippen LogP contribution >= 0.6 is 0 Å². The molecule has 4 aliphatic heterocycles. The van der Waals surface area contributed by atoms with Crippen molar-refractivity contribution in [3.63, 3.8) is 0 Å². The number of hydrogen-bond donors (Lipinski definition) is 2. The number of phenolic OH excluding ortho intramolecular Hbond substituents is 1. The number of carbonyl (C=O) groups is 4.